The van der Waals surface area contributed by atoms with Crippen LogP contribution in [0.25, 0.3) is 5.69 Å². The van der Waals surface area contributed by atoms with E-state index >= 15 is 0 Å². The van der Waals surface area contributed by atoms with Gasteiger partial charge in [-0.3, -0.25) is 0 Å². The van der Waals surface area contributed by atoms with Crippen molar-refractivity contribution in [3.8, 4) is 5.69 Å². The summed E-state index contributed by atoms with van der Waals surface area (Å²) in [4.78, 5) is 0. The molecule has 100 valence electrons. The molecule has 2 aromatic rings. The van der Waals surface area contributed by atoms with Gasteiger partial charge in [-0.05, 0) is 65.0 Å². The number of nitrogens with zero attached hydrogens (tertiary/aromatic N) is 4. The third-order valence-electron chi connectivity index (χ3n) is 3.41. The molecule has 1 fully saturated rings. The number of benzene rings is 1. The van der Waals surface area contributed by atoms with Crippen LogP contribution in [0, 0.1) is 12.8 Å². The van der Waals surface area contributed by atoms with E-state index in [1.54, 1.807) is 11.0 Å². The van der Waals surface area contributed by atoms with E-state index in [4.69, 9.17) is 0 Å². The Morgan fingerprint density at radius 1 is 1.47 bits per heavy atom. The first-order valence-electron chi connectivity index (χ1n) is 6.48. The molecule has 0 amide bonds. The number of tetrazole rings is 1. The Labute approximate surface area is 116 Å². The van der Waals surface area contributed by atoms with Crippen LogP contribution in [0.2, 0.25) is 0 Å². The summed E-state index contributed by atoms with van der Waals surface area (Å²) in [6.45, 7) is 3.14. The van der Waals surface area contributed by atoms with Crippen molar-refractivity contribution in [2.45, 2.75) is 13.3 Å². The van der Waals surface area contributed by atoms with Crippen LogP contribution in [-0.2, 0) is 0 Å². The van der Waals surface area contributed by atoms with Crippen molar-refractivity contribution in [2.24, 2.45) is 5.92 Å². The smallest absolute Gasteiger partial charge is 0.143 e. The van der Waals surface area contributed by atoms with Crippen molar-refractivity contribution in [3.63, 3.8) is 0 Å². The second kappa shape index (κ2) is 5.61. The fourth-order valence-corrected chi connectivity index (χ4v) is 3.59. The van der Waals surface area contributed by atoms with Crippen LogP contribution in [0.1, 0.15) is 12.0 Å². The Balaban J connectivity index is 1.68. The minimum absolute atomic E-state index is 0.810. The van der Waals surface area contributed by atoms with Gasteiger partial charge < -0.3 is 5.32 Å². The van der Waals surface area contributed by atoms with Gasteiger partial charge in [0, 0.05) is 12.2 Å². The molecule has 6 heteroatoms. The molecular formula is C13H17N5S. The molecule has 1 saturated heterocycles. The molecule has 19 heavy (non-hydrogen) atoms. The average Bonchev–Trinajstić information content (AvgIpc) is 3.10. The van der Waals surface area contributed by atoms with Gasteiger partial charge in [-0.25, -0.2) is 4.68 Å². The van der Waals surface area contributed by atoms with Crippen LogP contribution in [0.15, 0.2) is 24.5 Å². The SMILES string of the molecule is Cc1cc(NCC2CCSC2)ccc1-n1cnnn1. The molecular weight excluding hydrogens is 258 g/mol. The van der Waals surface area contributed by atoms with Gasteiger partial charge >= 0.3 is 0 Å². The molecule has 0 aliphatic carbocycles. The van der Waals surface area contributed by atoms with E-state index in [2.05, 4.69) is 57.7 Å². The molecule has 1 aliphatic rings. The van der Waals surface area contributed by atoms with E-state index < -0.39 is 0 Å². The van der Waals surface area contributed by atoms with Gasteiger partial charge in [-0.1, -0.05) is 0 Å². The molecule has 1 atom stereocenters. The standard InChI is InChI=1S/C13H17N5S/c1-10-6-12(14-7-11-4-5-19-8-11)2-3-13(10)18-9-15-16-17-18/h2-3,6,9,11,14H,4-5,7-8H2,1H3. The van der Waals surface area contributed by atoms with Crippen LogP contribution in [-0.4, -0.2) is 38.3 Å². The Bertz CT molecular complexity index is 534. The van der Waals surface area contributed by atoms with E-state index in [1.165, 1.54) is 23.6 Å². The van der Waals surface area contributed by atoms with Crippen LogP contribution in [0.3, 0.4) is 0 Å². The maximum absolute atomic E-state index is 3.92. The Kier molecular flexibility index (Phi) is 3.68. The molecule has 5 nitrogen and oxygen atoms in total. The van der Waals surface area contributed by atoms with Crippen molar-refractivity contribution in [1.82, 2.24) is 20.2 Å². The van der Waals surface area contributed by atoms with Gasteiger partial charge in [-0.15, -0.1) is 5.10 Å². The van der Waals surface area contributed by atoms with Gasteiger partial charge in [-0.2, -0.15) is 11.8 Å². The van der Waals surface area contributed by atoms with E-state index in [-0.39, 0.29) is 0 Å². The zero-order chi connectivity index (χ0) is 13.1. The number of nitrogens with one attached hydrogen (secondary N) is 1. The number of hydrogen-bond acceptors (Lipinski definition) is 5. The predicted molar refractivity (Wildman–Crippen MR) is 77.8 cm³/mol. The monoisotopic (exact) mass is 275 g/mol. The first-order valence-corrected chi connectivity index (χ1v) is 7.64. The van der Waals surface area contributed by atoms with Gasteiger partial charge in [0.25, 0.3) is 0 Å². The van der Waals surface area contributed by atoms with E-state index in [0.717, 1.165) is 23.7 Å². The van der Waals surface area contributed by atoms with Crippen LogP contribution in [0.5, 0.6) is 0 Å². The normalized spacial score (nSPS) is 18.7. The third kappa shape index (κ3) is 2.89. The number of anilines is 1. The third-order valence-corrected chi connectivity index (χ3v) is 4.64. The molecule has 3 rings (SSSR count). The van der Waals surface area contributed by atoms with Crippen LogP contribution >= 0.6 is 11.8 Å². The molecule has 1 unspecified atom stereocenters. The van der Waals surface area contributed by atoms with E-state index in [0.29, 0.717) is 0 Å². The van der Waals surface area contributed by atoms with Gasteiger partial charge in [0.05, 0.1) is 5.69 Å². The second-order valence-electron chi connectivity index (χ2n) is 4.87. The molecule has 0 bridgehead atoms. The highest BCUT2D eigenvalue weighted by Gasteiger charge is 2.15. The predicted octanol–water partition coefficient (Wildman–Crippen LogP) is 2.14. The van der Waals surface area contributed by atoms with Crippen LogP contribution in [0.4, 0.5) is 5.69 Å². The maximum atomic E-state index is 3.92. The molecule has 1 aliphatic heterocycles. The fraction of sp³-hybridized carbons (Fsp3) is 0.462. The van der Waals surface area contributed by atoms with Crippen molar-refractivity contribution < 1.29 is 0 Å². The second-order valence-corrected chi connectivity index (χ2v) is 6.02. The zero-order valence-corrected chi connectivity index (χ0v) is 11.7. The fourth-order valence-electron chi connectivity index (χ4n) is 2.30. The number of rotatable bonds is 4. The summed E-state index contributed by atoms with van der Waals surface area (Å²) >= 11 is 2.06. The molecule has 1 aromatic heterocycles. The Morgan fingerprint density at radius 3 is 3.11 bits per heavy atom. The highest BCUT2D eigenvalue weighted by molar-refractivity contribution is 7.99. The molecule has 0 radical (unpaired) electrons. The summed E-state index contributed by atoms with van der Waals surface area (Å²) in [6.07, 6.45) is 2.95. The lowest BCUT2D eigenvalue weighted by molar-refractivity contribution is 0.632. The van der Waals surface area contributed by atoms with Crippen LogP contribution < -0.4 is 5.32 Å². The minimum Gasteiger partial charge on any atom is -0.385 e. The lowest BCUT2D eigenvalue weighted by atomic mass is 10.1. The van der Waals surface area contributed by atoms with Gasteiger partial charge in [0.1, 0.15) is 6.33 Å². The van der Waals surface area contributed by atoms with E-state index in [1.807, 2.05) is 0 Å². The summed E-state index contributed by atoms with van der Waals surface area (Å²) in [5.41, 5.74) is 3.36. The summed E-state index contributed by atoms with van der Waals surface area (Å²) < 4.78 is 1.69. The summed E-state index contributed by atoms with van der Waals surface area (Å²) in [5, 5.41) is 14.8. The minimum atomic E-state index is 0.810. The lowest BCUT2D eigenvalue weighted by Gasteiger charge is -2.13. The zero-order valence-electron chi connectivity index (χ0n) is 10.9. The van der Waals surface area contributed by atoms with Crippen molar-refractivity contribution in [2.75, 3.05) is 23.4 Å². The molecule has 2 heterocycles. The highest BCUT2D eigenvalue weighted by Crippen LogP contribution is 2.24. The quantitative estimate of drug-likeness (QED) is 0.926. The van der Waals surface area contributed by atoms with Gasteiger partial charge in [0.2, 0.25) is 0 Å². The van der Waals surface area contributed by atoms with E-state index in [9.17, 15) is 0 Å². The van der Waals surface area contributed by atoms with Gasteiger partial charge in [0.15, 0.2) is 0 Å². The largest absolute Gasteiger partial charge is 0.385 e. The number of hydrogen-bond donors (Lipinski definition) is 1. The Morgan fingerprint density at radius 2 is 2.42 bits per heavy atom. The van der Waals surface area contributed by atoms with Crippen molar-refractivity contribution in [3.05, 3.63) is 30.1 Å². The maximum Gasteiger partial charge on any atom is 0.143 e. The molecule has 1 N–H and O–H groups in total. The number of aryl methyl sites for hydroxylation is 1. The molecule has 0 saturated carbocycles. The van der Waals surface area contributed by atoms with Crippen molar-refractivity contribution >= 4 is 17.4 Å². The first kappa shape index (κ1) is 12.5. The number of thioether (sulfide) groups is 1. The Hall–Kier alpha value is -1.56. The summed E-state index contributed by atoms with van der Waals surface area (Å²) in [7, 11) is 0. The molecule has 1 aromatic carbocycles. The summed E-state index contributed by atoms with van der Waals surface area (Å²) in [5.74, 6) is 3.41. The highest BCUT2D eigenvalue weighted by atomic mass is 32.2. The number of aromatic nitrogens is 4. The lowest BCUT2D eigenvalue weighted by Crippen LogP contribution is -2.13. The van der Waals surface area contributed by atoms with Crippen molar-refractivity contribution in [1.29, 1.82) is 0 Å². The first-order chi connectivity index (χ1) is 9.33. The topological polar surface area (TPSA) is 55.6 Å². The molecule has 0 spiro atoms. The summed E-state index contributed by atoms with van der Waals surface area (Å²) in [6, 6.07) is 6.29. The average molecular weight is 275 g/mol.